The minimum absolute atomic E-state index is 0.0156. The Bertz CT molecular complexity index is 1340. The summed E-state index contributed by atoms with van der Waals surface area (Å²) in [6, 6.07) is 21.7. The monoisotopic (exact) mass is 575 g/mol. The van der Waals surface area contributed by atoms with E-state index in [9.17, 15) is 18.0 Å². The Balaban J connectivity index is 2.05. The van der Waals surface area contributed by atoms with Crippen molar-refractivity contribution < 1.29 is 18.0 Å². The summed E-state index contributed by atoms with van der Waals surface area (Å²) < 4.78 is 26.5. The number of benzene rings is 3. The topological polar surface area (TPSA) is 86.8 Å². The highest BCUT2D eigenvalue weighted by molar-refractivity contribution is 7.92. The minimum Gasteiger partial charge on any atom is -0.354 e. The number of halogens is 2. The molecule has 7 nitrogen and oxygen atoms in total. The predicted octanol–water partition coefficient (Wildman–Crippen LogP) is 4.93. The van der Waals surface area contributed by atoms with Crippen molar-refractivity contribution in [3.05, 3.63) is 100 Å². The average molecular weight is 577 g/mol. The highest BCUT2D eigenvalue weighted by atomic mass is 35.5. The van der Waals surface area contributed by atoms with Gasteiger partial charge in [0, 0.05) is 29.6 Å². The van der Waals surface area contributed by atoms with Gasteiger partial charge in [-0.2, -0.15) is 0 Å². The van der Waals surface area contributed by atoms with E-state index in [1.165, 1.54) is 4.90 Å². The van der Waals surface area contributed by atoms with E-state index in [2.05, 4.69) is 5.32 Å². The summed E-state index contributed by atoms with van der Waals surface area (Å²) in [6.07, 6.45) is 2.00. The molecular weight excluding hydrogens is 545 g/mol. The van der Waals surface area contributed by atoms with Crippen LogP contribution in [0, 0.1) is 0 Å². The van der Waals surface area contributed by atoms with E-state index in [0.717, 1.165) is 22.5 Å². The number of para-hydroxylation sites is 1. The molecule has 1 N–H and O–H groups in total. The molecule has 10 heteroatoms. The normalized spacial score (nSPS) is 12.0. The maximum Gasteiger partial charge on any atom is 0.244 e. The van der Waals surface area contributed by atoms with Gasteiger partial charge in [-0.05, 0) is 41.8 Å². The van der Waals surface area contributed by atoms with Crippen LogP contribution in [0.25, 0.3) is 0 Å². The van der Waals surface area contributed by atoms with Gasteiger partial charge in [0.2, 0.25) is 21.8 Å². The third-order valence-corrected chi connectivity index (χ3v) is 7.63. The van der Waals surface area contributed by atoms with Crippen LogP contribution in [0.2, 0.25) is 10.0 Å². The van der Waals surface area contributed by atoms with Gasteiger partial charge < -0.3 is 10.2 Å². The number of amides is 2. The smallest absolute Gasteiger partial charge is 0.244 e. The van der Waals surface area contributed by atoms with E-state index in [1.54, 1.807) is 48.5 Å². The lowest BCUT2D eigenvalue weighted by Crippen LogP contribution is -2.53. The number of carbonyl (C=O) groups excluding carboxylic acids is 2. The Morgan fingerprint density at radius 1 is 0.947 bits per heavy atom. The molecule has 38 heavy (non-hydrogen) atoms. The molecular formula is C28H31Cl2N3O4S. The van der Waals surface area contributed by atoms with Crippen molar-refractivity contribution in [1.82, 2.24) is 10.2 Å². The van der Waals surface area contributed by atoms with E-state index in [1.807, 2.05) is 37.3 Å². The lowest BCUT2D eigenvalue weighted by molar-refractivity contribution is -0.140. The van der Waals surface area contributed by atoms with Gasteiger partial charge in [0.15, 0.2) is 0 Å². The summed E-state index contributed by atoms with van der Waals surface area (Å²) in [5, 5.41) is 3.67. The summed E-state index contributed by atoms with van der Waals surface area (Å²) in [5.41, 5.74) is 1.78. The Morgan fingerprint density at radius 2 is 1.58 bits per heavy atom. The van der Waals surface area contributed by atoms with Crippen LogP contribution in [0.4, 0.5) is 5.69 Å². The first-order valence-electron chi connectivity index (χ1n) is 12.2. The van der Waals surface area contributed by atoms with Crippen molar-refractivity contribution >= 4 is 50.7 Å². The third-order valence-electron chi connectivity index (χ3n) is 5.90. The van der Waals surface area contributed by atoms with E-state index in [4.69, 9.17) is 23.2 Å². The first kappa shape index (κ1) is 29.5. The maximum atomic E-state index is 13.9. The van der Waals surface area contributed by atoms with Crippen molar-refractivity contribution in [2.24, 2.45) is 0 Å². The molecule has 0 saturated carbocycles. The molecule has 0 aliphatic rings. The maximum absolute atomic E-state index is 13.9. The first-order valence-corrected chi connectivity index (χ1v) is 14.8. The average Bonchev–Trinajstić information content (AvgIpc) is 2.89. The van der Waals surface area contributed by atoms with Gasteiger partial charge in [0.1, 0.15) is 12.6 Å². The summed E-state index contributed by atoms with van der Waals surface area (Å²) in [7, 11) is -3.81. The molecule has 0 bridgehead atoms. The molecule has 2 amide bonds. The van der Waals surface area contributed by atoms with Crippen LogP contribution in [-0.2, 0) is 32.6 Å². The van der Waals surface area contributed by atoms with Gasteiger partial charge in [0.25, 0.3) is 0 Å². The fourth-order valence-electron chi connectivity index (χ4n) is 3.96. The molecule has 202 valence electrons. The molecule has 0 aliphatic heterocycles. The highest BCUT2D eigenvalue weighted by Crippen LogP contribution is 2.25. The van der Waals surface area contributed by atoms with Crippen molar-refractivity contribution in [1.29, 1.82) is 0 Å². The van der Waals surface area contributed by atoms with E-state index < -0.39 is 28.5 Å². The second-order valence-corrected chi connectivity index (χ2v) is 11.6. The van der Waals surface area contributed by atoms with E-state index >= 15 is 0 Å². The van der Waals surface area contributed by atoms with Gasteiger partial charge in [-0.3, -0.25) is 13.9 Å². The van der Waals surface area contributed by atoms with Gasteiger partial charge in [-0.15, -0.1) is 0 Å². The van der Waals surface area contributed by atoms with Gasteiger partial charge in [-0.1, -0.05) is 84.7 Å². The molecule has 0 aromatic heterocycles. The second-order valence-electron chi connectivity index (χ2n) is 8.86. The molecule has 0 unspecified atom stereocenters. The quantitative estimate of drug-likeness (QED) is 0.332. The molecule has 3 aromatic rings. The fraction of sp³-hybridized carbons (Fsp3) is 0.286. The molecule has 0 spiro atoms. The lowest BCUT2D eigenvalue weighted by atomic mass is 10.0. The SMILES string of the molecule is CCCNC(=O)[C@@H](Cc1ccccc1)N(Cc1ccc(Cl)cc1Cl)C(=O)CN(c1ccccc1)S(C)(=O)=O. The molecule has 0 radical (unpaired) electrons. The molecule has 3 rings (SSSR count). The molecule has 0 heterocycles. The zero-order valence-electron chi connectivity index (χ0n) is 21.3. The Hall–Kier alpha value is -3.07. The zero-order valence-corrected chi connectivity index (χ0v) is 23.6. The number of rotatable bonds is 12. The summed E-state index contributed by atoms with van der Waals surface area (Å²) in [6.45, 7) is 1.87. The summed E-state index contributed by atoms with van der Waals surface area (Å²) >= 11 is 12.5. The number of sulfonamides is 1. The van der Waals surface area contributed by atoms with Crippen molar-refractivity contribution in [3.63, 3.8) is 0 Å². The largest absolute Gasteiger partial charge is 0.354 e. The molecule has 0 fully saturated rings. The van der Waals surface area contributed by atoms with Crippen LogP contribution in [0.1, 0.15) is 24.5 Å². The Kier molecular flexibility index (Phi) is 10.6. The fourth-order valence-corrected chi connectivity index (χ4v) is 5.28. The van der Waals surface area contributed by atoms with Crippen LogP contribution in [0.5, 0.6) is 0 Å². The highest BCUT2D eigenvalue weighted by Gasteiger charge is 2.33. The van der Waals surface area contributed by atoms with Gasteiger partial charge >= 0.3 is 0 Å². The van der Waals surface area contributed by atoms with Crippen LogP contribution < -0.4 is 9.62 Å². The molecule has 0 aliphatic carbocycles. The number of carbonyl (C=O) groups is 2. The standard InChI is InChI=1S/C28H31Cl2N3O4S/c1-3-16-31-28(35)26(17-21-10-6-4-7-11-21)32(19-22-14-15-23(29)18-25(22)30)27(34)20-33(38(2,36)37)24-12-8-5-9-13-24/h4-15,18,26H,3,16-17,19-20H2,1-2H3,(H,31,35)/t26-/m1/s1. The van der Waals surface area contributed by atoms with Crippen LogP contribution >= 0.6 is 23.2 Å². The minimum atomic E-state index is -3.81. The number of hydrogen-bond donors (Lipinski definition) is 1. The number of nitrogens with one attached hydrogen (secondary N) is 1. The van der Waals surface area contributed by atoms with Crippen LogP contribution in [0.3, 0.4) is 0 Å². The summed E-state index contributed by atoms with van der Waals surface area (Å²) in [5.74, 6) is -0.877. The zero-order chi connectivity index (χ0) is 27.7. The second kappa shape index (κ2) is 13.6. The van der Waals surface area contributed by atoms with E-state index in [0.29, 0.717) is 27.8 Å². The van der Waals surface area contributed by atoms with Crippen molar-refractivity contribution in [3.8, 4) is 0 Å². The summed E-state index contributed by atoms with van der Waals surface area (Å²) in [4.78, 5) is 28.8. The third kappa shape index (κ3) is 8.21. The predicted molar refractivity (Wildman–Crippen MR) is 153 cm³/mol. The van der Waals surface area contributed by atoms with Gasteiger partial charge in [-0.25, -0.2) is 8.42 Å². The van der Waals surface area contributed by atoms with Crippen molar-refractivity contribution in [2.75, 3.05) is 23.7 Å². The Morgan fingerprint density at radius 3 is 2.16 bits per heavy atom. The van der Waals surface area contributed by atoms with Crippen LogP contribution in [0.15, 0.2) is 78.9 Å². The molecule has 3 aromatic carbocycles. The Labute approximate surface area is 234 Å². The number of nitrogens with zero attached hydrogens (tertiary/aromatic N) is 2. The van der Waals surface area contributed by atoms with Crippen molar-refractivity contribution in [2.45, 2.75) is 32.4 Å². The lowest BCUT2D eigenvalue weighted by Gasteiger charge is -2.33. The molecule has 1 atom stereocenters. The van der Waals surface area contributed by atoms with Gasteiger partial charge in [0.05, 0.1) is 11.9 Å². The number of hydrogen-bond acceptors (Lipinski definition) is 4. The van der Waals surface area contributed by atoms with Crippen LogP contribution in [-0.4, -0.2) is 50.5 Å². The van der Waals surface area contributed by atoms with E-state index in [-0.39, 0.29) is 18.9 Å². The molecule has 0 saturated heterocycles. The first-order chi connectivity index (χ1) is 18.1. The number of anilines is 1.